The Labute approximate surface area is 109 Å². The van der Waals surface area contributed by atoms with Crippen molar-refractivity contribution in [2.24, 2.45) is 0 Å². The van der Waals surface area contributed by atoms with Crippen molar-refractivity contribution < 1.29 is 9.66 Å². The summed E-state index contributed by atoms with van der Waals surface area (Å²) in [6, 6.07) is 5.08. The number of nitro groups is 1. The lowest BCUT2D eigenvalue weighted by Gasteiger charge is -2.05. The molecule has 6 heteroatoms. The maximum Gasteiger partial charge on any atom is 0.311 e. The Balaban J connectivity index is 2.37. The van der Waals surface area contributed by atoms with Gasteiger partial charge in [0, 0.05) is 12.0 Å². The number of rotatable bonds is 3. The van der Waals surface area contributed by atoms with Crippen LogP contribution in [0.1, 0.15) is 17.9 Å². The molecule has 16 heavy (non-hydrogen) atoms. The molecule has 4 nitrogen and oxygen atoms in total. The summed E-state index contributed by atoms with van der Waals surface area (Å²) < 4.78 is 4.85. The van der Waals surface area contributed by atoms with Gasteiger partial charge in [-0.05, 0) is 18.1 Å². The molecule has 1 fully saturated rings. The average Bonchev–Trinajstić information content (AvgIpc) is 2.86. The molecule has 86 valence electrons. The van der Waals surface area contributed by atoms with Gasteiger partial charge in [0.05, 0.1) is 15.3 Å². The van der Waals surface area contributed by atoms with E-state index in [1.165, 1.54) is 7.11 Å². The average molecular weight is 351 g/mol. The third kappa shape index (κ3) is 2.08. The zero-order valence-electron chi connectivity index (χ0n) is 8.44. The van der Waals surface area contributed by atoms with Crippen LogP contribution in [0.4, 0.5) is 5.69 Å². The molecule has 1 saturated carbocycles. The predicted octanol–water partition coefficient (Wildman–Crippen LogP) is 3.58. The fourth-order valence-corrected chi connectivity index (χ4v) is 2.82. The van der Waals surface area contributed by atoms with E-state index < -0.39 is 4.92 Å². The third-order valence-electron chi connectivity index (χ3n) is 2.63. The van der Waals surface area contributed by atoms with Gasteiger partial charge in [-0.25, -0.2) is 0 Å². The fraction of sp³-hybridized carbons (Fsp3) is 0.400. The van der Waals surface area contributed by atoms with Gasteiger partial charge in [0.1, 0.15) is 0 Å². The zero-order valence-corrected chi connectivity index (χ0v) is 11.6. The minimum Gasteiger partial charge on any atom is -0.490 e. The first-order chi connectivity index (χ1) is 7.45. The van der Waals surface area contributed by atoms with Gasteiger partial charge >= 0.3 is 5.69 Å². The van der Waals surface area contributed by atoms with Gasteiger partial charge in [-0.1, -0.05) is 37.9 Å². The molecular weight excluding hydrogens is 342 g/mol. The Hall–Kier alpha value is -0.620. The van der Waals surface area contributed by atoms with Gasteiger partial charge in [-0.15, -0.1) is 0 Å². The van der Waals surface area contributed by atoms with E-state index in [1.807, 2.05) is 6.07 Å². The van der Waals surface area contributed by atoms with Crippen LogP contribution in [0.3, 0.4) is 0 Å². The number of hydrogen-bond donors (Lipinski definition) is 0. The molecule has 1 aromatic rings. The fourth-order valence-electron chi connectivity index (χ4n) is 1.64. The van der Waals surface area contributed by atoms with Crippen LogP contribution < -0.4 is 4.74 Å². The molecule has 1 aliphatic rings. The summed E-state index contributed by atoms with van der Waals surface area (Å²) in [5, 5.41) is 10.8. The molecule has 1 aliphatic carbocycles. The van der Waals surface area contributed by atoms with E-state index in [2.05, 4.69) is 31.9 Å². The van der Waals surface area contributed by atoms with Crippen molar-refractivity contribution in [3.05, 3.63) is 33.9 Å². The first-order valence-corrected chi connectivity index (χ1v) is 6.24. The Morgan fingerprint density at radius 2 is 2.19 bits per heavy atom. The number of benzene rings is 1. The number of nitrogens with zero attached hydrogens (tertiary/aromatic N) is 1. The molecular formula is C10H9Br2NO3. The molecule has 0 heterocycles. The van der Waals surface area contributed by atoms with Crippen LogP contribution in [0.25, 0.3) is 0 Å². The number of hydrogen-bond acceptors (Lipinski definition) is 3. The first kappa shape index (κ1) is 11.9. The molecule has 1 unspecified atom stereocenters. The summed E-state index contributed by atoms with van der Waals surface area (Å²) in [5.41, 5.74) is 0.962. The van der Waals surface area contributed by atoms with Gasteiger partial charge in [-0.2, -0.15) is 0 Å². The van der Waals surface area contributed by atoms with Gasteiger partial charge in [0.15, 0.2) is 5.75 Å². The van der Waals surface area contributed by atoms with Crippen LogP contribution in [0, 0.1) is 10.1 Å². The van der Waals surface area contributed by atoms with E-state index in [0.717, 1.165) is 12.0 Å². The summed E-state index contributed by atoms with van der Waals surface area (Å²) in [5.74, 6) is 0.571. The highest BCUT2D eigenvalue weighted by molar-refractivity contribution is 9.25. The highest BCUT2D eigenvalue weighted by atomic mass is 79.9. The largest absolute Gasteiger partial charge is 0.490 e. The van der Waals surface area contributed by atoms with Crippen molar-refractivity contribution in [3.8, 4) is 5.75 Å². The topological polar surface area (TPSA) is 52.4 Å². The highest BCUT2D eigenvalue weighted by Gasteiger charge is 2.51. The number of methoxy groups -OCH3 is 1. The van der Waals surface area contributed by atoms with Crippen molar-refractivity contribution >= 4 is 37.5 Å². The maximum atomic E-state index is 10.8. The molecule has 2 rings (SSSR count). The molecule has 1 atom stereocenters. The van der Waals surface area contributed by atoms with Crippen LogP contribution in [-0.2, 0) is 0 Å². The normalized spacial score (nSPS) is 21.6. The Kier molecular flexibility index (Phi) is 2.96. The molecule has 0 amide bonds. The predicted molar refractivity (Wildman–Crippen MR) is 67.6 cm³/mol. The number of nitro benzene ring substituents is 1. The molecule has 0 radical (unpaired) electrons. The summed E-state index contributed by atoms with van der Waals surface area (Å²) >= 11 is 7.00. The van der Waals surface area contributed by atoms with Gasteiger partial charge in [0.25, 0.3) is 0 Å². The van der Waals surface area contributed by atoms with Crippen LogP contribution in [-0.4, -0.2) is 15.3 Å². The van der Waals surface area contributed by atoms with Crippen LogP contribution in [0.15, 0.2) is 18.2 Å². The third-order valence-corrected chi connectivity index (χ3v) is 4.38. The van der Waals surface area contributed by atoms with E-state index in [9.17, 15) is 10.1 Å². The molecule has 0 N–H and O–H groups in total. The van der Waals surface area contributed by atoms with Crippen molar-refractivity contribution in [1.29, 1.82) is 0 Å². The van der Waals surface area contributed by atoms with E-state index in [0.29, 0.717) is 5.75 Å². The second-order valence-corrected chi connectivity index (χ2v) is 7.60. The van der Waals surface area contributed by atoms with E-state index in [4.69, 9.17) is 4.74 Å². The highest BCUT2D eigenvalue weighted by Crippen LogP contribution is 2.62. The summed E-state index contributed by atoms with van der Waals surface area (Å²) in [6.45, 7) is 0. The van der Waals surface area contributed by atoms with E-state index in [1.54, 1.807) is 12.1 Å². The van der Waals surface area contributed by atoms with Gasteiger partial charge in [0.2, 0.25) is 0 Å². The van der Waals surface area contributed by atoms with Crippen LogP contribution >= 0.6 is 31.9 Å². The first-order valence-electron chi connectivity index (χ1n) is 4.66. The Morgan fingerprint density at radius 3 is 2.62 bits per heavy atom. The quantitative estimate of drug-likeness (QED) is 0.475. The van der Waals surface area contributed by atoms with Crippen LogP contribution in [0.2, 0.25) is 0 Å². The van der Waals surface area contributed by atoms with Gasteiger partial charge < -0.3 is 4.74 Å². The Morgan fingerprint density at radius 1 is 1.56 bits per heavy atom. The second-order valence-electron chi connectivity index (χ2n) is 3.71. The zero-order chi connectivity index (χ0) is 11.9. The van der Waals surface area contributed by atoms with Crippen LogP contribution in [0.5, 0.6) is 5.75 Å². The van der Waals surface area contributed by atoms with E-state index >= 15 is 0 Å². The lowest BCUT2D eigenvalue weighted by atomic mass is 10.1. The lowest BCUT2D eigenvalue weighted by Crippen LogP contribution is -1.96. The molecule has 0 spiro atoms. The Bertz CT molecular complexity index is 448. The standard InChI is InChI=1S/C10H9Br2NO3/c1-16-9-3-2-6(4-8(9)13(14)15)7-5-10(7,11)12/h2-4,7H,5H2,1H3. The van der Waals surface area contributed by atoms with E-state index in [-0.39, 0.29) is 14.8 Å². The lowest BCUT2D eigenvalue weighted by molar-refractivity contribution is -0.385. The monoisotopic (exact) mass is 349 g/mol. The minimum atomic E-state index is -0.422. The molecule has 0 saturated heterocycles. The SMILES string of the molecule is COc1ccc(C2CC2(Br)Br)cc1[N+](=O)[O-]. The number of halogens is 2. The van der Waals surface area contributed by atoms with Crippen molar-refractivity contribution in [1.82, 2.24) is 0 Å². The smallest absolute Gasteiger partial charge is 0.311 e. The molecule has 1 aromatic carbocycles. The van der Waals surface area contributed by atoms with Crippen molar-refractivity contribution in [2.75, 3.05) is 7.11 Å². The van der Waals surface area contributed by atoms with Gasteiger partial charge in [-0.3, -0.25) is 10.1 Å². The second kappa shape index (κ2) is 4.00. The molecule has 0 bridgehead atoms. The maximum absolute atomic E-state index is 10.8. The summed E-state index contributed by atoms with van der Waals surface area (Å²) in [6.07, 6.45) is 0.927. The van der Waals surface area contributed by atoms with Crippen molar-refractivity contribution in [2.45, 2.75) is 15.6 Å². The summed E-state index contributed by atoms with van der Waals surface area (Å²) in [4.78, 5) is 10.4. The summed E-state index contributed by atoms with van der Waals surface area (Å²) in [7, 11) is 1.43. The number of ether oxygens (including phenoxy) is 1. The minimum absolute atomic E-state index is 0.0164. The number of alkyl halides is 2. The molecule has 0 aromatic heterocycles. The molecule has 0 aliphatic heterocycles. The van der Waals surface area contributed by atoms with Crippen molar-refractivity contribution in [3.63, 3.8) is 0 Å².